The maximum Gasteiger partial charge on any atom is 0.269 e. The van der Waals surface area contributed by atoms with Crippen LogP contribution in [0.15, 0.2) is 52.2 Å². The van der Waals surface area contributed by atoms with Gasteiger partial charge >= 0.3 is 0 Å². The average molecular weight is 472 g/mol. The number of non-ortho nitro benzene ring substituents is 1. The molecule has 1 aliphatic heterocycles. The first-order chi connectivity index (χ1) is 15.6. The molecule has 0 radical (unpaired) electrons. The first kappa shape index (κ1) is 23.1. The minimum absolute atomic E-state index is 0.0741. The number of hydrogen-bond acceptors (Lipinski definition) is 6. The Hall–Kier alpha value is -3.08. The number of nitrogens with one attached hydrogen (secondary N) is 1. The Bertz CT molecular complexity index is 1360. The molecule has 3 aromatic rings. The lowest BCUT2D eigenvalue weighted by molar-refractivity contribution is -0.384. The van der Waals surface area contributed by atoms with E-state index < -0.39 is 14.9 Å². The van der Waals surface area contributed by atoms with E-state index in [1.807, 2.05) is 26.0 Å². The van der Waals surface area contributed by atoms with Crippen LogP contribution in [0.4, 0.5) is 5.69 Å². The Morgan fingerprint density at radius 1 is 1.18 bits per heavy atom. The summed E-state index contributed by atoms with van der Waals surface area (Å²) >= 11 is 0. The number of sulfonamides is 1. The molecule has 1 aromatic heterocycles. The number of benzene rings is 2. The van der Waals surface area contributed by atoms with Crippen LogP contribution >= 0.6 is 0 Å². The third kappa shape index (κ3) is 4.82. The minimum Gasteiger partial charge on any atom is -0.377 e. The predicted molar refractivity (Wildman–Crippen MR) is 124 cm³/mol. The Balaban J connectivity index is 1.73. The van der Waals surface area contributed by atoms with E-state index >= 15 is 0 Å². The first-order valence-electron chi connectivity index (χ1n) is 10.6. The summed E-state index contributed by atoms with van der Waals surface area (Å²) < 4.78 is 33.8. The number of aryl methyl sites for hydroxylation is 2. The quantitative estimate of drug-likeness (QED) is 0.416. The number of H-pyrrole nitrogens is 1. The van der Waals surface area contributed by atoms with E-state index in [0.717, 1.165) is 47.0 Å². The molecule has 4 rings (SSSR count). The van der Waals surface area contributed by atoms with Gasteiger partial charge < -0.3 is 9.72 Å². The van der Waals surface area contributed by atoms with Gasteiger partial charge in [-0.05, 0) is 61.9 Å². The third-order valence-corrected chi connectivity index (χ3v) is 7.66. The zero-order chi connectivity index (χ0) is 23.8. The third-order valence-electron chi connectivity index (χ3n) is 5.83. The van der Waals surface area contributed by atoms with E-state index in [4.69, 9.17) is 4.74 Å². The normalized spacial score (nSPS) is 16.5. The standard InChI is InChI=1S/C23H25N3O6S/c1-15-10-16(2)22-17(11-15)12-18(23(27)24-22)13-25(14-20-4-3-9-32-20)33(30,31)21-7-5-19(6-8-21)26(28)29/h5-8,10-12,20H,3-4,9,13-14H2,1-2H3,(H,24,27). The van der Waals surface area contributed by atoms with Crippen LogP contribution in [0, 0.1) is 24.0 Å². The molecular weight excluding hydrogens is 446 g/mol. The van der Waals surface area contributed by atoms with Crippen molar-refractivity contribution in [2.75, 3.05) is 13.2 Å². The molecule has 2 aromatic carbocycles. The summed E-state index contributed by atoms with van der Waals surface area (Å²) in [5.74, 6) is 0. The molecule has 0 spiro atoms. The molecule has 2 heterocycles. The summed E-state index contributed by atoms with van der Waals surface area (Å²) in [5.41, 5.74) is 2.45. The predicted octanol–water partition coefficient (Wildman–Crippen LogP) is 3.42. The molecule has 33 heavy (non-hydrogen) atoms. The second-order valence-corrected chi connectivity index (χ2v) is 10.3. The number of aromatic amines is 1. The van der Waals surface area contributed by atoms with Crippen LogP contribution < -0.4 is 5.56 Å². The van der Waals surface area contributed by atoms with Crippen molar-refractivity contribution >= 4 is 26.6 Å². The molecule has 1 fully saturated rings. The number of fused-ring (bicyclic) bond motifs is 1. The molecule has 9 nitrogen and oxygen atoms in total. The lowest BCUT2D eigenvalue weighted by Crippen LogP contribution is -2.38. The van der Waals surface area contributed by atoms with E-state index in [-0.39, 0.29) is 35.3 Å². The zero-order valence-corrected chi connectivity index (χ0v) is 19.2. The molecule has 0 amide bonds. The highest BCUT2D eigenvalue weighted by Crippen LogP contribution is 2.25. The van der Waals surface area contributed by atoms with Crippen molar-refractivity contribution in [2.24, 2.45) is 0 Å². The molecule has 1 N–H and O–H groups in total. The molecule has 0 saturated carbocycles. The summed E-state index contributed by atoms with van der Waals surface area (Å²) in [6.45, 7) is 4.38. The maximum absolute atomic E-state index is 13.5. The summed E-state index contributed by atoms with van der Waals surface area (Å²) in [6.07, 6.45) is 1.28. The fourth-order valence-corrected chi connectivity index (χ4v) is 5.64. The van der Waals surface area contributed by atoms with Gasteiger partial charge in [0, 0.05) is 37.4 Å². The molecular formula is C23H25N3O6S. The van der Waals surface area contributed by atoms with Gasteiger partial charge in [0.05, 0.1) is 21.4 Å². The molecule has 174 valence electrons. The van der Waals surface area contributed by atoms with Crippen LogP contribution in [0.2, 0.25) is 0 Å². The van der Waals surface area contributed by atoms with Crippen LogP contribution in [0.5, 0.6) is 0 Å². The van der Waals surface area contributed by atoms with Crippen molar-refractivity contribution in [1.29, 1.82) is 0 Å². The maximum atomic E-state index is 13.5. The lowest BCUT2D eigenvalue weighted by atomic mass is 10.1. The van der Waals surface area contributed by atoms with Crippen molar-refractivity contribution in [3.63, 3.8) is 0 Å². The van der Waals surface area contributed by atoms with E-state index in [9.17, 15) is 23.3 Å². The van der Waals surface area contributed by atoms with Gasteiger partial charge in [0.1, 0.15) is 0 Å². The molecule has 0 bridgehead atoms. The van der Waals surface area contributed by atoms with E-state index in [1.54, 1.807) is 6.07 Å². The Morgan fingerprint density at radius 3 is 2.55 bits per heavy atom. The Labute approximate surface area is 191 Å². The Kier molecular flexibility index (Phi) is 6.33. The van der Waals surface area contributed by atoms with E-state index in [1.165, 1.54) is 16.4 Å². The van der Waals surface area contributed by atoms with Gasteiger partial charge in [-0.25, -0.2) is 8.42 Å². The van der Waals surface area contributed by atoms with Gasteiger partial charge in [-0.1, -0.05) is 11.6 Å². The largest absolute Gasteiger partial charge is 0.377 e. The Morgan fingerprint density at radius 2 is 1.91 bits per heavy atom. The van der Waals surface area contributed by atoms with Crippen molar-refractivity contribution in [3.05, 3.63) is 79.6 Å². The van der Waals surface area contributed by atoms with Crippen molar-refractivity contribution in [3.8, 4) is 0 Å². The number of hydrogen-bond donors (Lipinski definition) is 1. The smallest absolute Gasteiger partial charge is 0.269 e. The number of ether oxygens (including phenoxy) is 1. The van der Waals surface area contributed by atoms with E-state index in [0.29, 0.717) is 12.2 Å². The molecule has 1 atom stereocenters. The molecule has 1 aliphatic rings. The summed E-state index contributed by atoms with van der Waals surface area (Å²) in [5, 5.41) is 11.8. The van der Waals surface area contributed by atoms with Gasteiger partial charge in [-0.3, -0.25) is 14.9 Å². The van der Waals surface area contributed by atoms with Crippen LogP contribution in [-0.4, -0.2) is 41.9 Å². The monoisotopic (exact) mass is 471 g/mol. The van der Waals surface area contributed by atoms with Crippen LogP contribution in [0.3, 0.4) is 0 Å². The number of pyridine rings is 1. The zero-order valence-electron chi connectivity index (χ0n) is 18.4. The lowest BCUT2D eigenvalue weighted by Gasteiger charge is -2.25. The fraction of sp³-hybridized carbons (Fsp3) is 0.348. The highest BCUT2D eigenvalue weighted by atomic mass is 32.2. The SMILES string of the molecule is Cc1cc(C)c2[nH]c(=O)c(CN(CC3CCCO3)S(=O)(=O)c3ccc([N+](=O)[O-])cc3)cc2c1. The average Bonchev–Trinajstić information content (AvgIpc) is 3.27. The number of nitrogens with zero attached hydrogens (tertiary/aromatic N) is 2. The van der Waals surface area contributed by atoms with Crippen molar-refractivity contribution < 1.29 is 18.1 Å². The number of nitro benzene ring substituents is 1. The van der Waals surface area contributed by atoms with Crippen molar-refractivity contribution in [2.45, 2.75) is 44.2 Å². The van der Waals surface area contributed by atoms with Gasteiger partial charge in [0.2, 0.25) is 10.0 Å². The van der Waals surface area contributed by atoms with Gasteiger partial charge in [0.15, 0.2) is 0 Å². The molecule has 10 heteroatoms. The second kappa shape index (κ2) is 9.05. The highest BCUT2D eigenvalue weighted by Gasteiger charge is 2.30. The fourth-order valence-electron chi connectivity index (χ4n) is 4.19. The second-order valence-electron chi connectivity index (χ2n) is 8.35. The summed E-state index contributed by atoms with van der Waals surface area (Å²) in [4.78, 5) is 26.0. The van der Waals surface area contributed by atoms with Gasteiger partial charge in [-0.15, -0.1) is 0 Å². The molecule has 1 unspecified atom stereocenters. The topological polar surface area (TPSA) is 123 Å². The van der Waals surface area contributed by atoms with Crippen LogP contribution in [-0.2, 0) is 21.3 Å². The summed E-state index contributed by atoms with van der Waals surface area (Å²) in [7, 11) is -4.04. The van der Waals surface area contributed by atoms with Crippen molar-refractivity contribution in [1.82, 2.24) is 9.29 Å². The highest BCUT2D eigenvalue weighted by molar-refractivity contribution is 7.89. The van der Waals surface area contributed by atoms with E-state index in [2.05, 4.69) is 4.98 Å². The first-order valence-corrected chi connectivity index (χ1v) is 12.1. The number of nitro groups is 1. The minimum atomic E-state index is -4.04. The number of aromatic nitrogens is 1. The van der Waals surface area contributed by atoms with Gasteiger partial charge in [0.25, 0.3) is 11.2 Å². The number of rotatable bonds is 7. The molecule has 0 aliphatic carbocycles. The summed E-state index contributed by atoms with van der Waals surface area (Å²) in [6, 6.07) is 10.4. The van der Waals surface area contributed by atoms with Gasteiger partial charge in [-0.2, -0.15) is 4.31 Å². The van der Waals surface area contributed by atoms with Crippen LogP contribution in [0.25, 0.3) is 10.9 Å². The molecule has 1 saturated heterocycles. The van der Waals surface area contributed by atoms with Crippen LogP contribution in [0.1, 0.15) is 29.5 Å².